The van der Waals surface area contributed by atoms with Crippen LogP contribution in [0.15, 0.2) is 6.33 Å². The first-order valence-electron chi connectivity index (χ1n) is 6.65. The van der Waals surface area contributed by atoms with E-state index in [1.54, 1.807) is 19.0 Å². The molecular weight excluding hydrogens is 244 g/mol. The maximum atomic E-state index is 11.8. The van der Waals surface area contributed by atoms with Crippen LogP contribution in [0, 0.1) is 0 Å². The third-order valence-electron chi connectivity index (χ3n) is 3.48. The molecule has 0 radical (unpaired) electrons. The SMILES string of the molecule is CC(NC1CCN(C(=O)N(C)C)CC1)c1ncn[nH]1. The molecule has 7 heteroatoms. The summed E-state index contributed by atoms with van der Waals surface area (Å²) in [6.45, 7) is 3.67. The molecule has 1 unspecified atom stereocenters. The van der Waals surface area contributed by atoms with Crippen molar-refractivity contribution < 1.29 is 4.79 Å². The van der Waals surface area contributed by atoms with E-state index in [0.717, 1.165) is 31.8 Å². The summed E-state index contributed by atoms with van der Waals surface area (Å²) in [4.78, 5) is 19.5. The van der Waals surface area contributed by atoms with Crippen LogP contribution in [0.4, 0.5) is 4.79 Å². The number of amides is 2. The van der Waals surface area contributed by atoms with Gasteiger partial charge in [-0.1, -0.05) is 0 Å². The van der Waals surface area contributed by atoms with E-state index in [9.17, 15) is 4.79 Å². The molecule has 0 saturated carbocycles. The van der Waals surface area contributed by atoms with Crippen LogP contribution in [0.5, 0.6) is 0 Å². The number of urea groups is 1. The summed E-state index contributed by atoms with van der Waals surface area (Å²) in [6, 6.07) is 0.677. The summed E-state index contributed by atoms with van der Waals surface area (Å²) in [5.74, 6) is 0.854. The van der Waals surface area contributed by atoms with Crippen LogP contribution in [-0.4, -0.2) is 64.2 Å². The summed E-state index contributed by atoms with van der Waals surface area (Å²) in [5.41, 5.74) is 0. The standard InChI is InChI=1S/C12H22N6O/c1-9(11-13-8-14-16-11)15-10-4-6-18(7-5-10)12(19)17(2)3/h8-10,15H,4-7H2,1-3H3,(H,13,14,16). The fourth-order valence-corrected chi connectivity index (χ4v) is 2.38. The van der Waals surface area contributed by atoms with Crippen LogP contribution < -0.4 is 5.32 Å². The van der Waals surface area contributed by atoms with Gasteiger partial charge in [0.05, 0.1) is 6.04 Å². The largest absolute Gasteiger partial charge is 0.331 e. The van der Waals surface area contributed by atoms with Crippen LogP contribution >= 0.6 is 0 Å². The van der Waals surface area contributed by atoms with E-state index in [1.807, 2.05) is 4.90 Å². The van der Waals surface area contributed by atoms with Crippen molar-refractivity contribution in [1.29, 1.82) is 0 Å². The van der Waals surface area contributed by atoms with E-state index < -0.39 is 0 Å². The lowest BCUT2D eigenvalue weighted by molar-refractivity contribution is 0.151. The lowest BCUT2D eigenvalue weighted by atomic mass is 10.0. The first-order valence-corrected chi connectivity index (χ1v) is 6.65. The van der Waals surface area contributed by atoms with Crippen LogP contribution in [0.2, 0.25) is 0 Å². The Morgan fingerprint density at radius 2 is 2.21 bits per heavy atom. The van der Waals surface area contributed by atoms with Crippen molar-refractivity contribution in [1.82, 2.24) is 30.3 Å². The molecule has 1 aliphatic heterocycles. The van der Waals surface area contributed by atoms with E-state index in [0.29, 0.717) is 6.04 Å². The number of carbonyl (C=O) groups excluding carboxylic acids is 1. The van der Waals surface area contributed by atoms with Gasteiger partial charge in [-0.05, 0) is 19.8 Å². The number of nitrogens with one attached hydrogen (secondary N) is 2. The van der Waals surface area contributed by atoms with Gasteiger partial charge in [-0.25, -0.2) is 9.78 Å². The lowest BCUT2D eigenvalue weighted by Gasteiger charge is -2.34. The fourth-order valence-electron chi connectivity index (χ4n) is 2.38. The van der Waals surface area contributed by atoms with Gasteiger partial charge >= 0.3 is 6.03 Å². The molecule has 0 aliphatic carbocycles. The molecule has 1 saturated heterocycles. The molecule has 2 rings (SSSR count). The number of rotatable bonds is 3. The van der Waals surface area contributed by atoms with E-state index in [4.69, 9.17) is 0 Å². The number of aromatic amines is 1. The zero-order valence-corrected chi connectivity index (χ0v) is 11.8. The third-order valence-corrected chi connectivity index (χ3v) is 3.48. The minimum Gasteiger partial charge on any atom is -0.331 e. The topological polar surface area (TPSA) is 77.2 Å². The molecule has 1 aliphatic rings. The zero-order valence-electron chi connectivity index (χ0n) is 11.8. The van der Waals surface area contributed by atoms with Crippen molar-refractivity contribution in [3.05, 3.63) is 12.2 Å². The van der Waals surface area contributed by atoms with Gasteiger partial charge in [-0.3, -0.25) is 5.10 Å². The van der Waals surface area contributed by atoms with Gasteiger partial charge in [0.2, 0.25) is 0 Å². The summed E-state index contributed by atoms with van der Waals surface area (Å²) in [6.07, 6.45) is 3.46. The smallest absolute Gasteiger partial charge is 0.319 e. The van der Waals surface area contributed by atoms with Crippen LogP contribution in [0.25, 0.3) is 0 Å². The molecule has 19 heavy (non-hydrogen) atoms. The zero-order chi connectivity index (χ0) is 13.8. The summed E-state index contributed by atoms with van der Waals surface area (Å²) < 4.78 is 0. The number of likely N-dealkylation sites (tertiary alicyclic amines) is 1. The summed E-state index contributed by atoms with van der Waals surface area (Å²) in [5, 5.41) is 10.3. The maximum Gasteiger partial charge on any atom is 0.319 e. The Kier molecular flexibility index (Phi) is 4.36. The van der Waals surface area contributed by atoms with Crippen molar-refractivity contribution in [2.45, 2.75) is 31.8 Å². The van der Waals surface area contributed by atoms with E-state index in [-0.39, 0.29) is 12.1 Å². The van der Waals surface area contributed by atoms with Crippen LogP contribution in [0.1, 0.15) is 31.6 Å². The predicted molar refractivity (Wildman–Crippen MR) is 71.6 cm³/mol. The second kappa shape index (κ2) is 6.01. The second-order valence-electron chi connectivity index (χ2n) is 5.20. The molecule has 0 bridgehead atoms. The van der Waals surface area contributed by atoms with Crippen molar-refractivity contribution >= 4 is 6.03 Å². The van der Waals surface area contributed by atoms with Crippen molar-refractivity contribution in [2.24, 2.45) is 0 Å². The molecule has 106 valence electrons. The van der Waals surface area contributed by atoms with Crippen LogP contribution in [0.3, 0.4) is 0 Å². The first kappa shape index (κ1) is 13.8. The molecule has 1 atom stereocenters. The normalized spacial score (nSPS) is 18.4. The molecule has 1 aromatic heterocycles. The number of nitrogens with zero attached hydrogens (tertiary/aromatic N) is 4. The van der Waals surface area contributed by atoms with Crippen molar-refractivity contribution in [3.63, 3.8) is 0 Å². The van der Waals surface area contributed by atoms with E-state index >= 15 is 0 Å². The van der Waals surface area contributed by atoms with Crippen molar-refractivity contribution in [3.8, 4) is 0 Å². The van der Waals surface area contributed by atoms with E-state index in [2.05, 4.69) is 27.4 Å². The van der Waals surface area contributed by atoms with Gasteiger partial charge in [-0.2, -0.15) is 5.10 Å². The first-order chi connectivity index (χ1) is 9.08. The Labute approximate surface area is 113 Å². The van der Waals surface area contributed by atoms with Gasteiger partial charge in [0.15, 0.2) is 0 Å². The molecular formula is C12H22N6O. The van der Waals surface area contributed by atoms with Gasteiger partial charge in [0.1, 0.15) is 12.2 Å². The average molecular weight is 266 g/mol. The number of H-pyrrole nitrogens is 1. The number of carbonyl (C=O) groups is 1. The summed E-state index contributed by atoms with van der Waals surface area (Å²) in [7, 11) is 3.58. The molecule has 2 amide bonds. The fraction of sp³-hybridized carbons (Fsp3) is 0.750. The average Bonchev–Trinajstić information content (AvgIpc) is 2.92. The summed E-state index contributed by atoms with van der Waals surface area (Å²) >= 11 is 0. The Hall–Kier alpha value is -1.63. The number of hydrogen-bond acceptors (Lipinski definition) is 4. The predicted octanol–water partition coefficient (Wildman–Crippen LogP) is 0.601. The highest BCUT2D eigenvalue weighted by molar-refractivity contribution is 5.73. The second-order valence-corrected chi connectivity index (χ2v) is 5.20. The Morgan fingerprint density at radius 1 is 1.53 bits per heavy atom. The monoisotopic (exact) mass is 266 g/mol. The van der Waals surface area contributed by atoms with Crippen LogP contribution in [-0.2, 0) is 0 Å². The molecule has 0 aromatic carbocycles. The van der Waals surface area contributed by atoms with E-state index in [1.165, 1.54) is 6.33 Å². The van der Waals surface area contributed by atoms with Crippen molar-refractivity contribution in [2.75, 3.05) is 27.2 Å². The van der Waals surface area contributed by atoms with Gasteiger partial charge in [0, 0.05) is 33.2 Å². The number of aromatic nitrogens is 3. The third kappa shape index (κ3) is 3.44. The molecule has 2 N–H and O–H groups in total. The molecule has 2 heterocycles. The maximum absolute atomic E-state index is 11.8. The highest BCUT2D eigenvalue weighted by Crippen LogP contribution is 2.15. The minimum absolute atomic E-state index is 0.0988. The Bertz CT molecular complexity index is 396. The number of hydrogen-bond donors (Lipinski definition) is 2. The quantitative estimate of drug-likeness (QED) is 0.840. The highest BCUT2D eigenvalue weighted by atomic mass is 16.2. The highest BCUT2D eigenvalue weighted by Gasteiger charge is 2.25. The lowest BCUT2D eigenvalue weighted by Crippen LogP contribution is -2.48. The Balaban J connectivity index is 1.79. The van der Waals surface area contributed by atoms with Gasteiger partial charge in [-0.15, -0.1) is 0 Å². The molecule has 1 fully saturated rings. The molecule has 7 nitrogen and oxygen atoms in total. The molecule has 0 spiro atoms. The van der Waals surface area contributed by atoms with Gasteiger partial charge in [0.25, 0.3) is 0 Å². The molecule has 1 aromatic rings. The minimum atomic E-state index is 0.0988. The number of piperidine rings is 1. The Morgan fingerprint density at radius 3 is 2.74 bits per heavy atom. The van der Waals surface area contributed by atoms with Gasteiger partial charge < -0.3 is 15.1 Å².